The molecule has 3 aliphatic rings. The van der Waals surface area contributed by atoms with Crippen molar-refractivity contribution in [2.75, 3.05) is 18.8 Å². The average Bonchev–Trinajstić information content (AvgIpc) is 2.98. The number of sulfonamides is 1. The number of ether oxygens (including phenoxy) is 1. The van der Waals surface area contributed by atoms with Gasteiger partial charge in [-0.15, -0.1) is 0 Å². The highest BCUT2D eigenvalue weighted by molar-refractivity contribution is 7.89. The monoisotopic (exact) mass is 426 g/mol. The third-order valence-corrected chi connectivity index (χ3v) is 9.59. The second kappa shape index (κ2) is 6.96. The highest BCUT2D eigenvalue weighted by Gasteiger charge is 2.65. The van der Waals surface area contributed by atoms with E-state index in [1.807, 2.05) is 0 Å². The van der Waals surface area contributed by atoms with Crippen LogP contribution < -0.4 is 4.74 Å². The van der Waals surface area contributed by atoms with E-state index in [-0.39, 0.29) is 29.6 Å². The molecule has 28 heavy (non-hydrogen) atoms. The van der Waals surface area contributed by atoms with E-state index < -0.39 is 15.4 Å². The van der Waals surface area contributed by atoms with E-state index in [0.717, 1.165) is 19.3 Å². The molecule has 1 saturated heterocycles. The van der Waals surface area contributed by atoms with Crippen molar-refractivity contribution in [3.63, 3.8) is 0 Å². The number of hydrogen-bond donors (Lipinski definition) is 0. The number of fused-ring (bicyclic) bond motifs is 2. The van der Waals surface area contributed by atoms with Crippen molar-refractivity contribution < 1.29 is 17.9 Å². The largest absolute Gasteiger partial charge is 0.487 e. The minimum atomic E-state index is -3.56. The van der Waals surface area contributed by atoms with Crippen molar-refractivity contribution in [1.82, 2.24) is 9.29 Å². The van der Waals surface area contributed by atoms with Crippen LogP contribution in [-0.4, -0.2) is 48.4 Å². The van der Waals surface area contributed by atoms with Crippen LogP contribution in [0.3, 0.4) is 0 Å². The summed E-state index contributed by atoms with van der Waals surface area (Å²) < 4.78 is 34.1. The Kier molecular flexibility index (Phi) is 5.00. The standard InChI is InChI=1S/C20H27ClN2O4S/c1-19(2)14-5-7-20(19,18(24)10-14)13-28(25,26)23-9-3-4-15(12-23)27-17-6-8-22-11-16(17)21/h6,8,11,14-15H,3-5,7,9-10,12-13H2,1-2H3. The molecule has 0 N–H and O–H groups in total. The predicted molar refractivity (Wildman–Crippen MR) is 107 cm³/mol. The molecule has 0 amide bonds. The van der Waals surface area contributed by atoms with Crippen LogP contribution in [-0.2, 0) is 14.8 Å². The maximum Gasteiger partial charge on any atom is 0.215 e. The SMILES string of the molecule is CC1(C)C2CCC1(CS(=O)(=O)N1CCCC(Oc3ccncc3Cl)C1)C(=O)C2. The van der Waals surface area contributed by atoms with Crippen LogP contribution in [0, 0.1) is 16.7 Å². The van der Waals surface area contributed by atoms with Crippen molar-refractivity contribution in [2.24, 2.45) is 16.7 Å². The number of carbonyl (C=O) groups is 1. The Morgan fingerprint density at radius 1 is 1.36 bits per heavy atom. The first-order valence-electron chi connectivity index (χ1n) is 9.93. The summed E-state index contributed by atoms with van der Waals surface area (Å²) in [5.41, 5.74) is -0.994. The van der Waals surface area contributed by atoms with Gasteiger partial charge in [-0.1, -0.05) is 25.4 Å². The van der Waals surface area contributed by atoms with Gasteiger partial charge < -0.3 is 4.74 Å². The zero-order valence-corrected chi connectivity index (χ0v) is 17.9. The maximum atomic E-state index is 13.3. The van der Waals surface area contributed by atoms with Crippen LogP contribution in [0.1, 0.15) is 46.0 Å². The number of piperidine rings is 1. The topological polar surface area (TPSA) is 76.6 Å². The molecule has 6 nitrogen and oxygen atoms in total. The Balaban J connectivity index is 1.50. The summed E-state index contributed by atoms with van der Waals surface area (Å²) in [6.45, 7) is 4.90. The fourth-order valence-corrected chi connectivity index (χ4v) is 7.85. The fraction of sp³-hybridized carbons (Fsp3) is 0.700. The first kappa shape index (κ1) is 20.1. The van der Waals surface area contributed by atoms with Crippen molar-refractivity contribution in [2.45, 2.75) is 52.1 Å². The molecule has 8 heteroatoms. The molecule has 0 radical (unpaired) electrons. The Morgan fingerprint density at radius 3 is 2.79 bits per heavy atom. The van der Waals surface area contributed by atoms with Crippen molar-refractivity contribution >= 4 is 27.4 Å². The molecule has 2 aliphatic carbocycles. The number of ketones is 1. The van der Waals surface area contributed by atoms with Crippen LogP contribution in [0.4, 0.5) is 0 Å². The van der Waals surface area contributed by atoms with Gasteiger partial charge in [0.1, 0.15) is 22.7 Å². The molecule has 0 spiro atoms. The average molecular weight is 427 g/mol. The number of aromatic nitrogens is 1. The number of carbonyl (C=O) groups excluding carboxylic acids is 1. The van der Waals surface area contributed by atoms with E-state index in [2.05, 4.69) is 18.8 Å². The first-order valence-corrected chi connectivity index (χ1v) is 11.9. The lowest BCUT2D eigenvalue weighted by Gasteiger charge is -2.39. The van der Waals surface area contributed by atoms with Crippen LogP contribution in [0.2, 0.25) is 5.02 Å². The summed E-state index contributed by atoms with van der Waals surface area (Å²) in [6, 6.07) is 1.69. The van der Waals surface area contributed by atoms with Crippen molar-refractivity contribution in [3.05, 3.63) is 23.5 Å². The van der Waals surface area contributed by atoms with Gasteiger partial charge in [0.05, 0.1) is 12.3 Å². The lowest BCUT2D eigenvalue weighted by molar-refractivity contribution is -0.128. The van der Waals surface area contributed by atoms with E-state index in [1.54, 1.807) is 12.3 Å². The number of Topliss-reactive ketones (excluding diaryl/α,β-unsaturated/α-hetero) is 1. The number of hydrogen-bond acceptors (Lipinski definition) is 5. The first-order chi connectivity index (χ1) is 13.2. The van der Waals surface area contributed by atoms with Crippen LogP contribution in [0.15, 0.2) is 18.5 Å². The Hall–Kier alpha value is -1.18. The van der Waals surface area contributed by atoms with Crippen LogP contribution in [0.25, 0.3) is 0 Å². The van der Waals surface area contributed by atoms with Gasteiger partial charge in [-0.3, -0.25) is 9.78 Å². The Morgan fingerprint density at radius 2 is 2.14 bits per heavy atom. The number of rotatable bonds is 5. The van der Waals surface area contributed by atoms with Crippen LogP contribution >= 0.6 is 11.6 Å². The fourth-order valence-electron chi connectivity index (χ4n) is 5.40. The van der Waals surface area contributed by atoms with E-state index in [1.165, 1.54) is 10.5 Å². The number of pyridine rings is 1. The van der Waals surface area contributed by atoms with E-state index in [0.29, 0.717) is 36.1 Å². The smallest absolute Gasteiger partial charge is 0.215 e. The van der Waals surface area contributed by atoms with E-state index in [9.17, 15) is 13.2 Å². The summed E-state index contributed by atoms with van der Waals surface area (Å²) in [7, 11) is -3.56. The summed E-state index contributed by atoms with van der Waals surface area (Å²) in [6.07, 6.45) is 6.49. The lowest BCUT2D eigenvalue weighted by atomic mass is 9.70. The molecular formula is C20H27ClN2O4S. The normalized spacial score (nSPS) is 32.6. The Labute approximate surface area is 171 Å². The van der Waals surface area contributed by atoms with Crippen molar-refractivity contribution in [3.8, 4) is 5.75 Å². The Bertz CT molecular complexity index is 888. The lowest BCUT2D eigenvalue weighted by Crippen LogP contribution is -2.50. The molecule has 4 rings (SSSR count). The van der Waals surface area contributed by atoms with E-state index in [4.69, 9.17) is 16.3 Å². The van der Waals surface area contributed by atoms with Gasteiger partial charge in [0.25, 0.3) is 0 Å². The quantitative estimate of drug-likeness (QED) is 0.721. The maximum absolute atomic E-state index is 13.3. The van der Waals surface area contributed by atoms with Crippen molar-refractivity contribution in [1.29, 1.82) is 0 Å². The number of halogens is 1. The highest BCUT2D eigenvalue weighted by Crippen LogP contribution is 2.64. The molecule has 1 aromatic rings. The predicted octanol–water partition coefficient (Wildman–Crippen LogP) is 3.30. The van der Waals surface area contributed by atoms with Gasteiger partial charge in [-0.25, -0.2) is 8.42 Å². The molecule has 1 aliphatic heterocycles. The molecule has 2 saturated carbocycles. The van der Waals surface area contributed by atoms with Gasteiger partial charge in [0.2, 0.25) is 10.0 Å². The summed E-state index contributed by atoms with van der Waals surface area (Å²) >= 11 is 6.12. The summed E-state index contributed by atoms with van der Waals surface area (Å²) in [5.74, 6) is 0.878. The highest BCUT2D eigenvalue weighted by atomic mass is 35.5. The van der Waals surface area contributed by atoms with Gasteiger partial charge >= 0.3 is 0 Å². The zero-order chi connectivity index (χ0) is 20.2. The van der Waals surface area contributed by atoms with Gasteiger partial charge in [0, 0.05) is 36.8 Å². The minimum Gasteiger partial charge on any atom is -0.487 e. The molecular weight excluding hydrogens is 400 g/mol. The van der Waals surface area contributed by atoms with Gasteiger partial charge in [-0.2, -0.15) is 4.31 Å². The summed E-state index contributed by atoms with van der Waals surface area (Å²) in [5, 5.41) is 0.414. The summed E-state index contributed by atoms with van der Waals surface area (Å²) in [4.78, 5) is 16.7. The molecule has 2 heterocycles. The molecule has 0 aromatic carbocycles. The van der Waals surface area contributed by atoms with Gasteiger partial charge in [0.15, 0.2) is 0 Å². The molecule has 3 atom stereocenters. The van der Waals surface area contributed by atoms with Gasteiger partial charge in [-0.05, 0) is 37.0 Å². The van der Waals surface area contributed by atoms with E-state index >= 15 is 0 Å². The number of nitrogens with zero attached hydrogens (tertiary/aromatic N) is 2. The molecule has 1 aromatic heterocycles. The minimum absolute atomic E-state index is 0.0783. The molecule has 154 valence electrons. The molecule has 3 fully saturated rings. The third-order valence-electron chi connectivity index (χ3n) is 7.33. The van der Waals surface area contributed by atoms with Crippen LogP contribution in [0.5, 0.6) is 5.75 Å². The second-order valence-electron chi connectivity index (χ2n) is 8.97. The second-order valence-corrected chi connectivity index (χ2v) is 11.3. The molecule has 2 bridgehead atoms. The zero-order valence-electron chi connectivity index (χ0n) is 16.4. The molecule has 3 unspecified atom stereocenters. The third kappa shape index (κ3) is 3.15.